The fraction of sp³-hybridized carbons (Fsp3) is 0.591. The molecule has 0 radical (unpaired) electrons. The zero-order valence-electron chi connectivity index (χ0n) is 19.2. The van der Waals surface area contributed by atoms with E-state index in [0.29, 0.717) is 59.5 Å². The molecular weight excluding hydrogens is 456 g/mol. The summed E-state index contributed by atoms with van der Waals surface area (Å²) in [5.41, 5.74) is 0.973. The number of aryl methyl sites for hydroxylation is 1. The van der Waals surface area contributed by atoms with Gasteiger partial charge >= 0.3 is 5.97 Å². The maximum Gasteiger partial charge on any atom is 0.330 e. The lowest BCUT2D eigenvalue weighted by atomic mass is 10.2. The number of carbonyl (C=O) groups excluding carboxylic acids is 1. The number of hydrogen-bond donors (Lipinski definition) is 0. The Morgan fingerprint density at radius 3 is 1.70 bits per heavy atom. The summed E-state index contributed by atoms with van der Waals surface area (Å²) in [6, 6.07) is 6.45. The Balaban J connectivity index is 1.83. The number of hydrogen-bond acceptors (Lipinski definition) is 10. The third kappa shape index (κ3) is 15.6. The SMILES string of the molecule is COC(=O)/C=C/COCCOCCOCCOCCOCCOS(=O)(=O)c1ccc(C)cc1. The van der Waals surface area contributed by atoms with E-state index in [1.807, 2.05) is 6.92 Å². The van der Waals surface area contributed by atoms with Crippen LogP contribution in [0.1, 0.15) is 5.56 Å². The van der Waals surface area contributed by atoms with Gasteiger partial charge in [0.1, 0.15) is 0 Å². The van der Waals surface area contributed by atoms with Gasteiger partial charge in [0, 0.05) is 6.08 Å². The maximum atomic E-state index is 12.0. The Labute approximate surface area is 195 Å². The van der Waals surface area contributed by atoms with E-state index in [9.17, 15) is 13.2 Å². The Kier molecular flexibility index (Phi) is 16.4. The highest BCUT2D eigenvalue weighted by Gasteiger charge is 2.14. The van der Waals surface area contributed by atoms with Crippen molar-refractivity contribution >= 4 is 16.1 Å². The number of methoxy groups -OCH3 is 1. The van der Waals surface area contributed by atoms with Crippen LogP contribution in [-0.2, 0) is 47.5 Å². The number of rotatable bonds is 20. The minimum absolute atomic E-state index is 0.0610. The van der Waals surface area contributed by atoms with Crippen molar-refractivity contribution in [2.75, 3.05) is 79.8 Å². The number of esters is 1. The molecule has 0 unspecified atom stereocenters. The van der Waals surface area contributed by atoms with Gasteiger partial charge in [-0.15, -0.1) is 0 Å². The molecule has 1 rings (SSSR count). The lowest BCUT2D eigenvalue weighted by Gasteiger charge is -2.08. The molecule has 0 aliphatic carbocycles. The summed E-state index contributed by atoms with van der Waals surface area (Å²) in [7, 11) is -2.45. The molecule has 0 saturated carbocycles. The second-order valence-corrected chi connectivity index (χ2v) is 8.15. The maximum absolute atomic E-state index is 12.0. The first-order chi connectivity index (χ1) is 16.0. The molecule has 0 atom stereocenters. The molecule has 0 fully saturated rings. The molecule has 0 bridgehead atoms. The molecule has 188 valence electrons. The fourth-order valence-electron chi connectivity index (χ4n) is 2.22. The summed E-state index contributed by atoms with van der Waals surface area (Å²) in [5, 5.41) is 0. The van der Waals surface area contributed by atoms with E-state index in [1.165, 1.54) is 25.3 Å². The minimum atomic E-state index is -3.77. The molecule has 0 aliphatic rings. The largest absolute Gasteiger partial charge is 0.466 e. The van der Waals surface area contributed by atoms with E-state index < -0.39 is 16.1 Å². The average Bonchev–Trinajstić information content (AvgIpc) is 2.80. The van der Waals surface area contributed by atoms with Crippen LogP contribution in [-0.4, -0.2) is 94.2 Å². The van der Waals surface area contributed by atoms with Crippen LogP contribution >= 0.6 is 0 Å². The van der Waals surface area contributed by atoms with Gasteiger partial charge in [-0.05, 0) is 19.1 Å². The third-order valence-electron chi connectivity index (χ3n) is 3.93. The average molecular weight is 491 g/mol. The van der Waals surface area contributed by atoms with Crippen molar-refractivity contribution in [3.8, 4) is 0 Å². The first kappa shape index (κ1) is 29.2. The smallest absolute Gasteiger partial charge is 0.330 e. The second kappa shape index (κ2) is 18.6. The Morgan fingerprint density at radius 2 is 1.21 bits per heavy atom. The summed E-state index contributed by atoms with van der Waals surface area (Å²) in [6.07, 6.45) is 2.88. The molecule has 0 heterocycles. The van der Waals surface area contributed by atoms with Crippen molar-refractivity contribution in [2.45, 2.75) is 11.8 Å². The van der Waals surface area contributed by atoms with Gasteiger partial charge in [-0.2, -0.15) is 8.42 Å². The van der Waals surface area contributed by atoms with E-state index in [2.05, 4.69) is 4.74 Å². The van der Waals surface area contributed by atoms with E-state index in [1.54, 1.807) is 18.2 Å². The third-order valence-corrected chi connectivity index (χ3v) is 5.26. The summed E-state index contributed by atoms with van der Waals surface area (Å²) < 4.78 is 60.0. The Bertz CT molecular complexity index is 762. The van der Waals surface area contributed by atoms with Gasteiger partial charge in [0.05, 0.1) is 84.7 Å². The van der Waals surface area contributed by atoms with Gasteiger partial charge in [0.25, 0.3) is 10.1 Å². The van der Waals surface area contributed by atoms with Crippen LogP contribution in [0.15, 0.2) is 41.3 Å². The molecule has 0 amide bonds. The zero-order valence-corrected chi connectivity index (χ0v) is 20.0. The summed E-state index contributed by atoms with van der Waals surface area (Å²) in [4.78, 5) is 10.9. The van der Waals surface area contributed by atoms with Crippen molar-refractivity contribution in [3.05, 3.63) is 42.0 Å². The molecule has 0 N–H and O–H groups in total. The molecule has 0 aliphatic heterocycles. The molecule has 1 aromatic rings. The molecule has 10 nitrogen and oxygen atoms in total. The van der Waals surface area contributed by atoms with Crippen molar-refractivity contribution < 1.29 is 45.8 Å². The van der Waals surface area contributed by atoms with Crippen molar-refractivity contribution in [2.24, 2.45) is 0 Å². The summed E-state index contributed by atoms with van der Waals surface area (Å²) >= 11 is 0. The molecule has 1 aromatic carbocycles. The van der Waals surface area contributed by atoms with Gasteiger partial charge in [-0.1, -0.05) is 23.8 Å². The molecule has 0 spiro atoms. The van der Waals surface area contributed by atoms with Gasteiger partial charge in [-0.3, -0.25) is 4.18 Å². The van der Waals surface area contributed by atoms with E-state index in [-0.39, 0.29) is 18.1 Å². The van der Waals surface area contributed by atoms with Crippen LogP contribution < -0.4 is 0 Å². The van der Waals surface area contributed by atoms with E-state index in [4.69, 9.17) is 27.9 Å². The predicted molar refractivity (Wildman–Crippen MR) is 120 cm³/mol. The first-order valence-corrected chi connectivity index (χ1v) is 12.0. The summed E-state index contributed by atoms with van der Waals surface area (Å²) in [5.74, 6) is -0.416. The highest BCUT2D eigenvalue weighted by Crippen LogP contribution is 2.12. The van der Waals surface area contributed by atoms with Crippen LogP contribution in [0.3, 0.4) is 0 Å². The monoisotopic (exact) mass is 490 g/mol. The molecular formula is C22H34O10S. The van der Waals surface area contributed by atoms with Crippen molar-refractivity contribution in [1.82, 2.24) is 0 Å². The Morgan fingerprint density at radius 1 is 0.758 bits per heavy atom. The number of carbonyl (C=O) groups is 1. The quantitative estimate of drug-likeness (QED) is 0.115. The molecule has 11 heteroatoms. The summed E-state index contributed by atoms with van der Waals surface area (Å²) in [6.45, 7) is 5.54. The molecule has 33 heavy (non-hydrogen) atoms. The van der Waals surface area contributed by atoms with Crippen molar-refractivity contribution in [3.63, 3.8) is 0 Å². The van der Waals surface area contributed by atoms with Gasteiger partial charge in [0.15, 0.2) is 0 Å². The number of ether oxygens (including phenoxy) is 6. The van der Waals surface area contributed by atoms with Gasteiger partial charge in [0.2, 0.25) is 0 Å². The molecule has 0 saturated heterocycles. The van der Waals surface area contributed by atoms with Crippen LogP contribution in [0.5, 0.6) is 0 Å². The lowest BCUT2D eigenvalue weighted by molar-refractivity contribution is -0.134. The van der Waals surface area contributed by atoms with Gasteiger partial charge < -0.3 is 28.4 Å². The second-order valence-electron chi connectivity index (χ2n) is 6.54. The first-order valence-electron chi connectivity index (χ1n) is 10.5. The van der Waals surface area contributed by atoms with Gasteiger partial charge in [-0.25, -0.2) is 4.79 Å². The normalized spacial score (nSPS) is 11.8. The zero-order chi connectivity index (χ0) is 24.2. The predicted octanol–water partition coefficient (Wildman–Crippen LogP) is 1.51. The van der Waals surface area contributed by atoms with Crippen LogP contribution in [0, 0.1) is 6.92 Å². The minimum Gasteiger partial charge on any atom is -0.466 e. The Hall–Kier alpha value is -1.86. The fourth-order valence-corrected chi connectivity index (χ4v) is 3.11. The lowest BCUT2D eigenvalue weighted by Crippen LogP contribution is -2.15. The van der Waals surface area contributed by atoms with Crippen LogP contribution in [0.4, 0.5) is 0 Å². The molecule has 0 aromatic heterocycles. The van der Waals surface area contributed by atoms with Crippen LogP contribution in [0.25, 0.3) is 0 Å². The highest BCUT2D eigenvalue weighted by atomic mass is 32.2. The van der Waals surface area contributed by atoms with E-state index >= 15 is 0 Å². The van der Waals surface area contributed by atoms with Crippen molar-refractivity contribution in [1.29, 1.82) is 0 Å². The van der Waals surface area contributed by atoms with Crippen LogP contribution in [0.2, 0.25) is 0 Å². The highest BCUT2D eigenvalue weighted by molar-refractivity contribution is 7.86. The topological polar surface area (TPSA) is 116 Å². The van der Waals surface area contributed by atoms with E-state index in [0.717, 1.165) is 5.56 Å². The number of benzene rings is 1. The standard InChI is InChI=1S/C22H34O10S/c1-20-5-7-21(8-6-20)33(24,25)32-19-18-31-17-16-30-15-14-29-13-12-28-11-10-27-9-3-4-22(23)26-2/h3-8H,9-19H2,1-2H3/b4-3+.